The van der Waals surface area contributed by atoms with Gasteiger partial charge in [0.05, 0.1) is 13.7 Å². The molecule has 0 bridgehead atoms. The summed E-state index contributed by atoms with van der Waals surface area (Å²) in [5.41, 5.74) is 2.00. The maximum atomic E-state index is 5.83. The van der Waals surface area contributed by atoms with Crippen LogP contribution in [0.4, 0.5) is 0 Å². The van der Waals surface area contributed by atoms with E-state index in [9.17, 15) is 0 Å². The van der Waals surface area contributed by atoms with Crippen LogP contribution in [0.1, 0.15) is 0 Å². The molecule has 0 saturated carbocycles. The fraction of sp³-hybridized carbons (Fsp3) is 0.130. The summed E-state index contributed by atoms with van der Waals surface area (Å²) in [5.74, 6) is 3.20. The van der Waals surface area contributed by atoms with Gasteiger partial charge in [0.1, 0.15) is 11.5 Å². The largest absolute Gasteiger partial charge is 0.497 e. The first-order valence-electron chi connectivity index (χ1n) is 9.41. The fourth-order valence-electron chi connectivity index (χ4n) is 2.92. The van der Waals surface area contributed by atoms with Crippen LogP contribution in [0.15, 0.2) is 88.5 Å². The van der Waals surface area contributed by atoms with Crippen molar-refractivity contribution < 1.29 is 9.47 Å². The zero-order valence-electron chi connectivity index (χ0n) is 16.4. The second-order valence-corrected chi connectivity index (χ2v) is 8.33. The Morgan fingerprint density at radius 2 is 1.57 bits per heavy atom. The second-order valence-electron chi connectivity index (χ2n) is 6.36. The van der Waals surface area contributed by atoms with E-state index in [1.807, 2.05) is 66.7 Å². The lowest BCUT2D eigenvalue weighted by atomic mass is 10.2. The third-order valence-electron chi connectivity index (χ3n) is 4.39. The monoisotopic (exact) mass is 481 g/mol. The number of methoxy groups -OCH3 is 1. The highest BCUT2D eigenvalue weighted by Gasteiger charge is 2.16. The van der Waals surface area contributed by atoms with E-state index in [2.05, 4.69) is 42.8 Å². The number of halogens is 1. The van der Waals surface area contributed by atoms with Crippen molar-refractivity contribution in [2.24, 2.45) is 0 Å². The van der Waals surface area contributed by atoms with Crippen molar-refractivity contribution in [1.82, 2.24) is 14.8 Å². The van der Waals surface area contributed by atoms with Crippen LogP contribution >= 0.6 is 27.7 Å². The van der Waals surface area contributed by atoms with Gasteiger partial charge in [-0.2, -0.15) is 0 Å². The molecule has 0 amide bonds. The predicted octanol–water partition coefficient (Wildman–Crippen LogP) is 5.88. The molecule has 7 heteroatoms. The smallest absolute Gasteiger partial charge is 0.196 e. The predicted molar refractivity (Wildman–Crippen MR) is 124 cm³/mol. The summed E-state index contributed by atoms with van der Waals surface area (Å²) < 4.78 is 14.2. The molecule has 0 atom stereocenters. The van der Waals surface area contributed by atoms with E-state index >= 15 is 0 Å². The lowest BCUT2D eigenvalue weighted by Crippen LogP contribution is -2.03. The molecule has 0 spiro atoms. The van der Waals surface area contributed by atoms with E-state index in [0.717, 1.165) is 44.0 Å². The summed E-state index contributed by atoms with van der Waals surface area (Å²) in [4.78, 5) is 0. The maximum Gasteiger partial charge on any atom is 0.196 e. The van der Waals surface area contributed by atoms with Crippen molar-refractivity contribution in [2.75, 3.05) is 19.5 Å². The Hall–Kier alpha value is -2.77. The van der Waals surface area contributed by atoms with Crippen LogP contribution in [0.25, 0.3) is 17.1 Å². The topological polar surface area (TPSA) is 49.2 Å². The summed E-state index contributed by atoms with van der Waals surface area (Å²) in [6.45, 7) is 0.575. The first-order valence-corrected chi connectivity index (χ1v) is 11.2. The molecule has 0 aliphatic heterocycles. The van der Waals surface area contributed by atoms with Crippen LogP contribution in [-0.4, -0.2) is 34.2 Å². The molecule has 1 heterocycles. The molecule has 1 aromatic heterocycles. The first-order chi connectivity index (χ1) is 14.7. The number of hydrogen-bond acceptors (Lipinski definition) is 5. The molecule has 3 aromatic carbocycles. The van der Waals surface area contributed by atoms with Crippen molar-refractivity contribution in [3.05, 3.63) is 83.3 Å². The second kappa shape index (κ2) is 9.82. The van der Waals surface area contributed by atoms with Crippen molar-refractivity contribution in [3.8, 4) is 28.6 Å². The molecule has 4 aromatic rings. The van der Waals surface area contributed by atoms with Gasteiger partial charge in [0, 0.05) is 21.5 Å². The summed E-state index contributed by atoms with van der Waals surface area (Å²) in [5, 5.41) is 9.75. The van der Waals surface area contributed by atoms with Crippen LogP contribution in [0.2, 0.25) is 0 Å². The molecule has 4 rings (SSSR count). The summed E-state index contributed by atoms with van der Waals surface area (Å²) >= 11 is 5.05. The van der Waals surface area contributed by atoms with Gasteiger partial charge in [-0.1, -0.05) is 45.9 Å². The third-order valence-corrected chi connectivity index (χ3v) is 5.81. The van der Waals surface area contributed by atoms with E-state index in [1.54, 1.807) is 18.9 Å². The highest BCUT2D eigenvalue weighted by molar-refractivity contribution is 9.10. The van der Waals surface area contributed by atoms with Crippen molar-refractivity contribution in [3.63, 3.8) is 0 Å². The highest BCUT2D eigenvalue weighted by atomic mass is 79.9. The molecule has 0 aliphatic carbocycles. The number of ether oxygens (including phenoxy) is 2. The highest BCUT2D eigenvalue weighted by Crippen LogP contribution is 2.29. The summed E-state index contributed by atoms with van der Waals surface area (Å²) in [6.07, 6.45) is 0. The van der Waals surface area contributed by atoms with Gasteiger partial charge in [-0.3, -0.25) is 4.57 Å². The number of nitrogens with zero attached hydrogens (tertiary/aromatic N) is 3. The molecule has 152 valence electrons. The van der Waals surface area contributed by atoms with Crippen LogP contribution in [0.3, 0.4) is 0 Å². The molecule has 5 nitrogen and oxygen atoms in total. The Morgan fingerprint density at radius 3 is 2.27 bits per heavy atom. The van der Waals surface area contributed by atoms with Crippen molar-refractivity contribution in [2.45, 2.75) is 5.16 Å². The quantitative estimate of drug-likeness (QED) is 0.232. The molecular formula is C23H20BrN3O2S. The van der Waals surface area contributed by atoms with E-state index in [0.29, 0.717) is 6.61 Å². The molecule has 30 heavy (non-hydrogen) atoms. The molecular weight excluding hydrogens is 462 g/mol. The minimum absolute atomic E-state index is 0.575. The number of hydrogen-bond donors (Lipinski definition) is 0. The zero-order chi connectivity index (χ0) is 20.8. The van der Waals surface area contributed by atoms with Crippen LogP contribution < -0.4 is 9.47 Å². The van der Waals surface area contributed by atoms with Crippen LogP contribution in [0, 0.1) is 0 Å². The summed E-state index contributed by atoms with van der Waals surface area (Å²) in [7, 11) is 1.66. The van der Waals surface area contributed by atoms with Crippen molar-refractivity contribution in [1.29, 1.82) is 0 Å². The van der Waals surface area contributed by atoms with Gasteiger partial charge < -0.3 is 9.47 Å². The molecule has 0 unspecified atom stereocenters. The molecule has 0 saturated heterocycles. The van der Waals surface area contributed by atoms with E-state index in [-0.39, 0.29) is 0 Å². The standard InChI is InChI=1S/C23H20BrN3O2S/c1-28-20-11-7-17(8-12-20)22-25-26-23(27(22)19-5-3-2-4-6-19)30-16-15-29-21-13-9-18(24)10-14-21/h2-14H,15-16H2,1H3. The van der Waals surface area contributed by atoms with E-state index < -0.39 is 0 Å². The molecule has 0 N–H and O–H groups in total. The number of rotatable bonds is 8. The SMILES string of the molecule is COc1ccc(-c2nnc(SCCOc3ccc(Br)cc3)n2-c2ccccc2)cc1. The Bertz CT molecular complexity index is 1080. The van der Waals surface area contributed by atoms with Gasteiger partial charge in [-0.25, -0.2) is 0 Å². The Morgan fingerprint density at radius 1 is 0.867 bits per heavy atom. The average molecular weight is 482 g/mol. The lowest BCUT2D eigenvalue weighted by molar-refractivity contribution is 0.344. The number of aromatic nitrogens is 3. The van der Waals surface area contributed by atoms with E-state index in [1.165, 1.54) is 0 Å². The van der Waals surface area contributed by atoms with Gasteiger partial charge >= 0.3 is 0 Å². The first kappa shape index (κ1) is 20.5. The van der Waals surface area contributed by atoms with Crippen LogP contribution in [0.5, 0.6) is 11.5 Å². The average Bonchev–Trinajstić information content (AvgIpc) is 3.22. The normalized spacial score (nSPS) is 10.7. The molecule has 0 aliphatic rings. The van der Waals surface area contributed by atoms with Gasteiger partial charge in [-0.05, 0) is 60.7 Å². The Kier molecular flexibility index (Phi) is 6.71. The summed E-state index contributed by atoms with van der Waals surface area (Å²) in [6, 6.07) is 25.8. The number of benzene rings is 3. The van der Waals surface area contributed by atoms with Gasteiger partial charge in [0.25, 0.3) is 0 Å². The third kappa shape index (κ3) is 4.86. The van der Waals surface area contributed by atoms with Gasteiger partial charge in [0.15, 0.2) is 11.0 Å². The fourth-order valence-corrected chi connectivity index (χ4v) is 3.96. The van der Waals surface area contributed by atoms with E-state index in [4.69, 9.17) is 9.47 Å². The molecule has 0 fully saturated rings. The lowest BCUT2D eigenvalue weighted by Gasteiger charge is -2.11. The zero-order valence-corrected chi connectivity index (χ0v) is 18.8. The number of para-hydroxylation sites is 1. The van der Waals surface area contributed by atoms with Crippen molar-refractivity contribution >= 4 is 27.7 Å². The van der Waals surface area contributed by atoms with Gasteiger partial charge in [0.2, 0.25) is 0 Å². The number of thioether (sulfide) groups is 1. The minimum atomic E-state index is 0.575. The maximum absolute atomic E-state index is 5.83. The minimum Gasteiger partial charge on any atom is -0.497 e. The van der Waals surface area contributed by atoms with Gasteiger partial charge in [-0.15, -0.1) is 10.2 Å². The Balaban J connectivity index is 1.53. The molecule has 0 radical (unpaired) electrons. The Labute approximate surface area is 188 Å². The van der Waals surface area contributed by atoms with Crippen LogP contribution in [-0.2, 0) is 0 Å².